The fraction of sp³-hybridized carbons (Fsp3) is 0.556. The van der Waals surface area contributed by atoms with Gasteiger partial charge >= 0.3 is 0 Å². The normalized spacial score (nSPS) is 12.7. The summed E-state index contributed by atoms with van der Waals surface area (Å²) < 4.78 is 6.98. The number of ether oxygens (including phenoxy) is 1. The first-order chi connectivity index (χ1) is 11.2. The van der Waals surface area contributed by atoms with Crippen molar-refractivity contribution in [2.75, 3.05) is 20.3 Å². The highest BCUT2D eigenvalue weighted by molar-refractivity contribution is 5.77. The van der Waals surface area contributed by atoms with Crippen molar-refractivity contribution in [1.82, 2.24) is 9.55 Å². The third kappa shape index (κ3) is 4.18. The molecule has 2 rings (SSSR count). The van der Waals surface area contributed by atoms with E-state index in [1.54, 1.807) is 11.7 Å². The van der Waals surface area contributed by atoms with Gasteiger partial charge in [-0.25, -0.2) is 4.98 Å². The lowest BCUT2D eigenvalue weighted by Gasteiger charge is -2.19. The Morgan fingerprint density at radius 2 is 2.09 bits per heavy atom. The van der Waals surface area contributed by atoms with Crippen LogP contribution in [0.1, 0.15) is 45.0 Å². The van der Waals surface area contributed by atoms with E-state index in [-0.39, 0.29) is 11.6 Å². The van der Waals surface area contributed by atoms with Crippen LogP contribution in [0, 0.1) is 0 Å². The molecule has 0 aliphatic heterocycles. The van der Waals surface area contributed by atoms with Gasteiger partial charge in [-0.2, -0.15) is 0 Å². The molecule has 0 saturated heterocycles. The van der Waals surface area contributed by atoms with Crippen molar-refractivity contribution in [2.45, 2.75) is 45.7 Å². The van der Waals surface area contributed by atoms with E-state index in [1.165, 1.54) is 12.8 Å². The molecule has 2 aromatic rings. The Morgan fingerprint density at radius 1 is 1.30 bits per heavy atom. The standard InChI is InChI=1S/C18H27N3O2/c1-4-6-11-19-15(5-2)17-20-16-10-8-7-9-14(16)18(22)21(17)12-13-23-3/h7-10,15,19H,4-6,11-13H2,1-3H3/p+1/t15-/m0/s1. The van der Waals surface area contributed by atoms with Crippen molar-refractivity contribution in [3.05, 3.63) is 40.4 Å². The molecule has 0 amide bonds. The molecule has 0 unspecified atom stereocenters. The number of hydrogen-bond donors (Lipinski definition) is 1. The van der Waals surface area contributed by atoms with Gasteiger partial charge in [0.2, 0.25) is 0 Å². The molecule has 5 nitrogen and oxygen atoms in total. The van der Waals surface area contributed by atoms with Gasteiger partial charge in [0.05, 0.1) is 30.6 Å². The summed E-state index contributed by atoms with van der Waals surface area (Å²) in [5, 5.41) is 2.99. The summed E-state index contributed by atoms with van der Waals surface area (Å²) in [6, 6.07) is 7.78. The van der Waals surface area contributed by atoms with Crippen LogP contribution in [-0.4, -0.2) is 29.8 Å². The van der Waals surface area contributed by atoms with Crippen LogP contribution in [0.25, 0.3) is 10.9 Å². The van der Waals surface area contributed by atoms with Gasteiger partial charge in [-0.3, -0.25) is 9.36 Å². The Hall–Kier alpha value is -1.72. The van der Waals surface area contributed by atoms with E-state index >= 15 is 0 Å². The molecular formula is C18H28N3O2+. The highest BCUT2D eigenvalue weighted by Gasteiger charge is 2.20. The van der Waals surface area contributed by atoms with E-state index in [2.05, 4.69) is 19.2 Å². The van der Waals surface area contributed by atoms with E-state index in [0.29, 0.717) is 18.5 Å². The molecule has 0 aliphatic carbocycles. The zero-order valence-electron chi connectivity index (χ0n) is 14.4. The number of benzene rings is 1. The summed E-state index contributed by atoms with van der Waals surface area (Å²) in [5.41, 5.74) is 0.813. The average molecular weight is 318 g/mol. The number of unbranched alkanes of at least 4 members (excludes halogenated alkanes) is 1. The fourth-order valence-corrected chi connectivity index (χ4v) is 2.84. The lowest BCUT2D eigenvalue weighted by Crippen LogP contribution is -2.85. The Labute approximate surface area is 137 Å². The van der Waals surface area contributed by atoms with Gasteiger partial charge in [-0.15, -0.1) is 0 Å². The summed E-state index contributed by atoms with van der Waals surface area (Å²) in [6.07, 6.45) is 3.29. The minimum absolute atomic E-state index is 0.0324. The highest BCUT2D eigenvalue weighted by Crippen LogP contribution is 2.14. The maximum atomic E-state index is 12.9. The second-order valence-corrected chi connectivity index (χ2v) is 5.83. The molecule has 0 bridgehead atoms. The molecule has 126 valence electrons. The molecule has 23 heavy (non-hydrogen) atoms. The molecule has 1 atom stereocenters. The zero-order valence-corrected chi connectivity index (χ0v) is 14.4. The van der Waals surface area contributed by atoms with E-state index in [1.807, 2.05) is 24.3 Å². The summed E-state index contributed by atoms with van der Waals surface area (Å²) in [5.74, 6) is 0.865. The summed E-state index contributed by atoms with van der Waals surface area (Å²) in [6.45, 7) is 6.45. The van der Waals surface area contributed by atoms with Crippen LogP contribution in [-0.2, 0) is 11.3 Å². The summed E-state index contributed by atoms with van der Waals surface area (Å²) >= 11 is 0. The number of nitrogens with zero attached hydrogens (tertiary/aromatic N) is 2. The van der Waals surface area contributed by atoms with Gasteiger partial charge < -0.3 is 10.1 Å². The number of methoxy groups -OCH3 is 1. The summed E-state index contributed by atoms with van der Waals surface area (Å²) in [4.78, 5) is 17.7. The van der Waals surface area contributed by atoms with Crippen molar-refractivity contribution in [3.8, 4) is 0 Å². The molecule has 0 radical (unpaired) electrons. The average Bonchev–Trinajstić information content (AvgIpc) is 2.58. The predicted molar refractivity (Wildman–Crippen MR) is 92.6 cm³/mol. The van der Waals surface area contributed by atoms with Crippen LogP contribution in [0.3, 0.4) is 0 Å². The second-order valence-electron chi connectivity index (χ2n) is 5.83. The van der Waals surface area contributed by atoms with E-state index in [0.717, 1.165) is 24.3 Å². The molecule has 1 aromatic carbocycles. The fourth-order valence-electron chi connectivity index (χ4n) is 2.84. The molecule has 1 aromatic heterocycles. The van der Waals surface area contributed by atoms with Crippen LogP contribution in [0.4, 0.5) is 0 Å². The van der Waals surface area contributed by atoms with E-state index < -0.39 is 0 Å². The highest BCUT2D eigenvalue weighted by atomic mass is 16.5. The van der Waals surface area contributed by atoms with Crippen LogP contribution in [0.5, 0.6) is 0 Å². The van der Waals surface area contributed by atoms with Gasteiger partial charge in [0.1, 0.15) is 6.04 Å². The monoisotopic (exact) mass is 318 g/mol. The third-order valence-corrected chi connectivity index (χ3v) is 4.19. The number of para-hydroxylation sites is 1. The topological polar surface area (TPSA) is 60.7 Å². The summed E-state index contributed by atoms with van der Waals surface area (Å²) in [7, 11) is 1.66. The van der Waals surface area contributed by atoms with Crippen molar-refractivity contribution >= 4 is 10.9 Å². The van der Waals surface area contributed by atoms with Gasteiger partial charge in [-0.05, 0) is 18.6 Å². The molecule has 1 heterocycles. The first-order valence-corrected chi connectivity index (χ1v) is 8.54. The smallest absolute Gasteiger partial charge is 0.261 e. The molecule has 0 aliphatic rings. The first-order valence-electron chi connectivity index (χ1n) is 8.54. The van der Waals surface area contributed by atoms with Crippen molar-refractivity contribution < 1.29 is 10.1 Å². The zero-order chi connectivity index (χ0) is 16.7. The van der Waals surface area contributed by atoms with E-state index in [9.17, 15) is 4.79 Å². The van der Waals surface area contributed by atoms with Gasteiger partial charge in [0, 0.05) is 13.5 Å². The number of hydrogen-bond acceptors (Lipinski definition) is 3. The minimum Gasteiger partial charge on any atom is -0.383 e. The SMILES string of the molecule is CCCC[NH2+][C@@H](CC)c1nc2ccccc2c(=O)n1CCOC. The van der Waals surface area contributed by atoms with Crippen molar-refractivity contribution in [2.24, 2.45) is 0 Å². The van der Waals surface area contributed by atoms with Crippen LogP contribution >= 0.6 is 0 Å². The quantitative estimate of drug-likeness (QED) is 0.718. The Bertz CT molecular complexity index is 682. The van der Waals surface area contributed by atoms with Crippen LogP contribution < -0.4 is 10.9 Å². The van der Waals surface area contributed by atoms with Gasteiger partial charge in [-0.1, -0.05) is 32.4 Å². The number of fused-ring (bicyclic) bond motifs is 1. The Balaban J connectivity index is 2.47. The predicted octanol–water partition coefficient (Wildman–Crippen LogP) is 1.86. The second kappa shape index (κ2) is 8.79. The van der Waals surface area contributed by atoms with Gasteiger partial charge in [0.15, 0.2) is 5.82 Å². The molecule has 0 fully saturated rings. The molecule has 5 heteroatoms. The molecule has 0 spiro atoms. The van der Waals surface area contributed by atoms with Crippen molar-refractivity contribution in [3.63, 3.8) is 0 Å². The van der Waals surface area contributed by atoms with Crippen LogP contribution in [0.2, 0.25) is 0 Å². The minimum atomic E-state index is 0.0324. The van der Waals surface area contributed by atoms with Crippen molar-refractivity contribution in [1.29, 1.82) is 0 Å². The number of quaternary nitrogens is 1. The molecule has 0 saturated carbocycles. The maximum Gasteiger partial charge on any atom is 0.261 e. The number of nitrogens with two attached hydrogens (primary N) is 1. The number of aromatic nitrogens is 2. The van der Waals surface area contributed by atoms with Crippen LogP contribution in [0.15, 0.2) is 29.1 Å². The lowest BCUT2D eigenvalue weighted by molar-refractivity contribution is -0.698. The Kier molecular flexibility index (Phi) is 6.74. The lowest BCUT2D eigenvalue weighted by atomic mass is 10.1. The third-order valence-electron chi connectivity index (χ3n) is 4.19. The molecular weight excluding hydrogens is 290 g/mol. The van der Waals surface area contributed by atoms with E-state index in [4.69, 9.17) is 9.72 Å². The molecule has 2 N–H and O–H groups in total. The number of rotatable bonds is 9. The Morgan fingerprint density at radius 3 is 2.78 bits per heavy atom. The largest absolute Gasteiger partial charge is 0.383 e. The van der Waals surface area contributed by atoms with Gasteiger partial charge in [0.25, 0.3) is 5.56 Å². The maximum absolute atomic E-state index is 12.9. The first kappa shape index (κ1) is 17.6.